The number of rotatable bonds is 6. The molecule has 5 atom stereocenters. The second-order valence-electron chi connectivity index (χ2n) is 12.2. The number of amides is 1. The number of halogens is 2. The van der Waals surface area contributed by atoms with Crippen molar-refractivity contribution in [2.75, 3.05) is 31.5 Å². The Bertz CT molecular complexity index is 1210. The van der Waals surface area contributed by atoms with E-state index in [1.54, 1.807) is 6.07 Å². The van der Waals surface area contributed by atoms with Gasteiger partial charge in [-0.15, -0.1) is 0 Å². The first kappa shape index (κ1) is 28.3. The SMILES string of the molecule is C[C@@H]1[C@@H](N=C(Nc2ccc(C(=O)NCCc3ccc(Cl)cc3Cl)cc2)N2CCN[C@@H](C)C2)C[C@H]2C[C@@H]1C2(C)C. The third-order valence-electron chi connectivity index (χ3n) is 9.37. The highest BCUT2D eigenvalue weighted by Gasteiger charge is 2.56. The van der Waals surface area contributed by atoms with Crippen molar-refractivity contribution in [1.82, 2.24) is 15.5 Å². The molecule has 6 rings (SSSR count). The van der Waals surface area contributed by atoms with Crippen LogP contribution in [0.25, 0.3) is 0 Å². The van der Waals surface area contributed by atoms with Crippen LogP contribution < -0.4 is 16.0 Å². The van der Waals surface area contributed by atoms with Gasteiger partial charge in [0, 0.05) is 53.5 Å². The summed E-state index contributed by atoms with van der Waals surface area (Å²) >= 11 is 12.2. The van der Waals surface area contributed by atoms with Crippen molar-refractivity contribution < 1.29 is 4.79 Å². The second kappa shape index (κ2) is 11.7. The third kappa shape index (κ3) is 6.23. The zero-order valence-electron chi connectivity index (χ0n) is 23.4. The number of benzene rings is 2. The fourth-order valence-corrected chi connectivity index (χ4v) is 7.24. The Labute approximate surface area is 242 Å². The van der Waals surface area contributed by atoms with Crippen LogP contribution in [0.1, 0.15) is 56.5 Å². The summed E-state index contributed by atoms with van der Waals surface area (Å²) in [5.41, 5.74) is 2.97. The molecule has 39 heavy (non-hydrogen) atoms. The highest BCUT2D eigenvalue weighted by Crippen LogP contribution is 2.61. The molecule has 3 aliphatic carbocycles. The quantitative estimate of drug-likeness (QED) is 0.290. The zero-order valence-corrected chi connectivity index (χ0v) is 24.9. The van der Waals surface area contributed by atoms with Gasteiger partial charge in [-0.2, -0.15) is 0 Å². The van der Waals surface area contributed by atoms with Crippen molar-refractivity contribution in [3.8, 4) is 0 Å². The number of aliphatic imine (C=N–C) groups is 1. The largest absolute Gasteiger partial charge is 0.352 e. The van der Waals surface area contributed by atoms with Crippen molar-refractivity contribution in [2.45, 2.75) is 59.0 Å². The number of fused-ring (bicyclic) bond motifs is 2. The molecule has 0 spiro atoms. The van der Waals surface area contributed by atoms with E-state index in [4.69, 9.17) is 28.2 Å². The van der Waals surface area contributed by atoms with Crippen LogP contribution in [0, 0.1) is 23.2 Å². The molecule has 4 fully saturated rings. The van der Waals surface area contributed by atoms with E-state index in [2.05, 4.69) is 48.5 Å². The molecule has 4 aliphatic rings. The zero-order chi connectivity index (χ0) is 27.7. The minimum atomic E-state index is -0.102. The summed E-state index contributed by atoms with van der Waals surface area (Å²) in [7, 11) is 0. The molecule has 1 saturated heterocycles. The van der Waals surface area contributed by atoms with E-state index in [-0.39, 0.29) is 5.91 Å². The van der Waals surface area contributed by atoms with E-state index in [1.807, 2.05) is 36.4 Å². The smallest absolute Gasteiger partial charge is 0.251 e. The van der Waals surface area contributed by atoms with Gasteiger partial charge in [-0.05, 0) is 91.3 Å². The molecule has 2 aromatic carbocycles. The molecule has 3 saturated carbocycles. The number of anilines is 1. The lowest BCUT2D eigenvalue weighted by Gasteiger charge is -2.61. The topological polar surface area (TPSA) is 68.8 Å². The summed E-state index contributed by atoms with van der Waals surface area (Å²) in [6, 6.07) is 13.9. The molecular formula is C31H41Cl2N5O. The molecule has 1 aliphatic heterocycles. The van der Waals surface area contributed by atoms with Gasteiger partial charge in [-0.3, -0.25) is 4.79 Å². The average Bonchev–Trinajstić information content (AvgIpc) is 2.90. The van der Waals surface area contributed by atoms with Crippen LogP contribution in [0.5, 0.6) is 0 Å². The number of guanidine groups is 1. The predicted molar refractivity (Wildman–Crippen MR) is 162 cm³/mol. The fraction of sp³-hybridized carbons (Fsp3) is 0.548. The minimum Gasteiger partial charge on any atom is -0.352 e. The summed E-state index contributed by atoms with van der Waals surface area (Å²) in [4.78, 5) is 20.5. The number of carbonyl (C=O) groups is 1. The molecule has 2 aromatic rings. The maximum absolute atomic E-state index is 12.8. The van der Waals surface area contributed by atoms with Crippen LogP contribution in [-0.2, 0) is 6.42 Å². The van der Waals surface area contributed by atoms with Gasteiger partial charge in [0.05, 0.1) is 6.04 Å². The van der Waals surface area contributed by atoms with Gasteiger partial charge in [0.25, 0.3) is 5.91 Å². The summed E-state index contributed by atoms with van der Waals surface area (Å²) in [5, 5.41) is 11.4. The summed E-state index contributed by atoms with van der Waals surface area (Å²) < 4.78 is 0. The Morgan fingerprint density at radius 1 is 1.13 bits per heavy atom. The predicted octanol–water partition coefficient (Wildman–Crippen LogP) is 6.10. The van der Waals surface area contributed by atoms with Gasteiger partial charge in [-0.1, -0.05) is 50.0 Å². The van der Waals surface area contributed by atoms with Gasteiger partial charge in [0.15, 0.2) is 5.96 Å². The van der Waals surface area contributed by atoms with Crippen molar-refractivity contribution >= 4 is 40.8 Å². The van der Waals surface area contributed by atoms with Crippen LogP contribution in [0.2, 0.25) is 10.0 Å². The highest BCUT2D eigenvalue weighted by molar-refractivity contribution is 6.35. The summed E-state index contributed by atoms with van der Waals surface area (Å²) in [6.45, 7) is 12.8. The number of carbonyl (C=O) groups excluding carboxylic acids is 1. The van der Waals surface area contributed by atoms with Crippen LogP contribution in [-0.4, -0.2) is 55.0 Å². The Kier molecular flexibility index (Phi) is 8.46. The van der Waals surface area contributed by atoms with Crippen LogP contribution in [0.3, 0.4) is 0 Å². The summed E-state index contributed by atoms with van der Waals surface area (Å²) in [5.74, 6) is 2.95. The Morgan fingerprint density at radius 3 is 2.56 bits per heavy atom. The second-order valence-corrected chi connectivity index (χ2v) is 13.1. The first-order chi connectivity index (χ1) is 18.6. The van der Waals surface area contributed by atoms with Crippen molar-refractivity contribution in [2.24, 2.45) is 28.2 Å². The molecule has 210 valence electrons. The maximum atomic E-state index is 12.8. The van der Waals surface area contributed by atoms with Crippen LogP contribution in [0.4, 0.5) is 5.69 Å². The molecule has 1 heterocycles. The monoisotopic (exact) mass is 569 g/mol. The molecule has 8 heteroatoms. The Balaban J connectivity index is 1.24. The molecule has 2 bridgehead atoms. The number of nitrogens with one attached hydrogen (secondary N) is 3. The standard InChI is InChI=1S/C31H41Cl2N5O/c1-19-18-38(14-13-34-19)30(37-28-16-23-15-26(20(28)2)31(23,3)4)36-25-9-6-22(7-10-25)29(39)35-12-11-21-5-8-24(32)17-27(21)33/h5-10,17,19-20,23,26,28,34H,11-16,18H2,1-4H3,(H,35,39)(H,36,37)/t19-,20-,23+,26-,28-/m0/s1. The van der Waals surface area contributed by atoms with E-state index < -0.39 is 0 Å². The molecule has 6 nitrogen and oxygen atoms in total. The maximum Gasteiger partial charge on any atom is 0.251 e. The van der Waals surface area contributed by atoms with Crippen LogP contribution >= 0.6 is 23.2 Å². The van der Waals surface area contributed by atoms with E-state index in [0.717, 1.165) is 55.1 Å². The fourth-order valence-electron chi connectivity index (χ4n) is 6.74. The first-order valence-corrected chi connectivity index (χ1v) is 15.0. The van der Waals surface area contributed by atoms with Gasteiger partial charge in [-0.25, -0.2) is 4.99 Å². The minimum absolute atomic E-state index is 0.102. The normalized spacial score (nSPS) is 28.0. The number of hydrogen-bond donors (Lipinski definition) is 3. The van der Waals surface area contributed by atoms with E-state index in [9.17, 15) is 4.79 Å². The average molecular weight is 571 g/mol. The van der Waals surface area contributed by atoms with Crippen LogP contribution in [0.15, 0.2) is 47.5 Å². The van der Waals surface area contributed by atoms with Gasteiger partial charge in [0.2, 0.25) is 0 Å². The van der Waals surface area contributed by atoms with Gasteiger partial charge in [0.1, 0.15) is 0 Å². The van der Waals surface area contributed by atoms with Crippen molar-refractivity contribution in [3.05, 3.63) is 63.6 Å². The lowest BCUT2D eigenvalue weighted by molar-refractivity contribution is -0.108. The number of nitrogens with zero attached hydrogens (tertiary/aromatic N) is 2. The molecular weight excluding hydrogens is 529 g/mol. The van der Waals surface area contributed by atoms with E-state index in [0.29, 0.717) is 52.0 Å². The third-order valence-corrected chi connectivity index (χ3v) is 9.96. The van der Waals surface area contributed by atoms with Crippen molar-refractivity contribution in [1.29, 1.82) is 0 Å². The van der Waals surface area contributed by atoms with Gasteiger partial charge < -0.3 is 20.9 Å². The molecule has 3 N–H and O–H groups in total. The highest BCUT2D eigenvalue weighted by atomic mass is 35.5. The van der Waals surface area contributed by atoms with Gasteiger partial charge >= 0.3 is 0 Å². The lowest BCUT2D eigenvalue weighted by atomic mass is 9.45. The number of piperazine rings is 1. The molecule has 0 radical (unpaired) electrons. The molecule has 1 amide bonds. The lowest BCUT2D eigenvalue weighted by Crippen LogP contribution is -2.57. The molecule has 0 unspecified atom stereocenters. The number of hydrogen-bond acceptors (Lipinski definition) is 3. The molecule has 0 aromatic heterocycles. The first-order valence-electron chi connectivity index (χ1n) is 14.3. The summed E-state index contributed by atoms with van der Waals surface area (Å²) in [6.07, 6.45) is 3.16. The van der Waals surface area contributed by atoms with E-state index >= 15 is 0 Å². The Hall–Kier alpha value is -2.28. The van der Waals surface area contributed by atoms with Crippen molar-refractivity contribution in [3.63, 3.8) is 0 Å². The van der Waals surface area contributed by atoms with E-state index in [1.165, 1.54) is 6.42 Å². The Morgan fingerprint density at radius 2 is 1.90 bits per heavy atom.